The van der Waals surface area contributed by atoms with Crippen LogP contribution in [-0.4, -0.2) is 42.0 Å². The van der Waals surface area contributed by atoms with Gasteiger partial charge in [0.2, 0.25) is 0 Å². The molecule has 2 heterocycles. The van der Waals surface area contributed by atoms with Crippen molar-refractivity contribution in [3.05, 3.63) is 71.4 Å². The molecule has 1 aliphatic heterocycles. The van der Waals surface area contributed by atoms with Crippen LogP contribution < -0.4 is 4.90 Å². The van der Waals surface area contributed by atoms with Crippen LogP contribution in [0.1, 0.15) is 21.6 Å². The van der Waals surface area contributed by atoms with Gasteiger partial charge in [-0.15, -0.1) is 0 Å². The first-order valence-electron chi connectivity index (χ1n) is 9.09. The normalized spacial score (nSPS) is 14.7. The molecule has 0 bridgehead atoms. The molecular formula is C22H23N3O. The lowest BCUT2D eigenvalue weighted by molar-refractivity contribution is 0.0741. The number of hydrogen-bond donors (Lipinski definition) is 0. The number of amides is 1. The van der Waals surface area contributed by atoms with E-state index >= 15 is 0 Å². The van der Waals surface area contributed by atoms with Crippen LogP contribution in [0.2, 0.25) is 0 Å². The van der Waals surface area contributed by atoms with E-state index in [9.17, 15) is 4.79 Å². The molecule has 0 radical (unpaired) electrons. The number of nitrogens with zero attached hydrogens (tertiary/aromatic N) is 3. The first-order chi connectivity index (χ1) is 12.6. The van der Waals surface area contributed by atoms with E-state index in [0.29, 0.717) is 5.69 Å². The summed E-state index contributed by atoms with van der Waals surface area (Å²) in [6.07, 6.45) is 0. The Morgan fingerprint density at radius 1 is 0.923 bits per heavy atom. The Bertz CT molecular complexity index is 959. The van der Waals surface area contributed by atoms with Crippen LogP contribution in [0.25, 0.3) is 10.9 Å². The molecule has 1 saturated heterocycles. The van der Waals surface area contributed by atoms with Crippen LogP contribution in [0.3, 0.4) is 0 Å². The Morgan fingerprint density at radius 2 is 1.69 bits per heavy atom. The minimum absolute atomic E-state index is 0.0244. The van der Waals surface area contributed by atoms with Crippen LogP contribution in [-0.2, 0) is 0 Å². The number of fused-ring (bicyclic) bond motifs is 1. The Balaban J connectivity index is 1.48. The third-order valence-electron chi connectivity index (χ3n) is 5.09. The van der Waals surface area contributed by atoms with E-state index in [1.54, 1.807) is 0 Å². The van der Waals surface area contributed by atoms with Crippen LogP contribution in [0, 0.1) is 13.8 Å². The summed E-state index contributed by atoms with van der Waals surface area (Å²) >= 11 is 0. The van der Waals surface area contributed by atoms with E-state index < -0.39 is 0 Å². The molecule has 0 saturated carbocycles. The van der Waals surface area contributed by atoms with E-state index in [4.69, 9.17) is 0 Å². The van der Waals surface area contributed by atoms with E-state index in [2.05, 4.69) is 41.9 Å². The second-order valence-corrected chi connectivity index (χ2v) is 6.96. The maximum absolute atomic E-state index is 12.9. The van der Waals surface area contributed by atoms with Crippen molar-refractivity contribution in [2.24, 2.45) is 0 Å². The summed E-state index contributed by atoms with van der Waals surface area (Å²) < 4.78 is 0. The fourth-order valence-corrected chi connectivity index (χ4v) is 3.56. The molecule has 2 aromatic carbocycles. The minimum atomic E-state index is 0.0244. The molecule has 132 valence electrons. The summed E-state index contributed by atoms with van der Waals surface area (Å²) in [5, 5.41) is 1.06. The van der Waals surface area contributed by atoms with Crippen molar-refractivity contribution >= 4 is 22.5 Å². The van der Waals surface area contributed by atoms with Gasteiger partial charge in [0.15, 0.2) is 0 Å². The summed E-state index contributed by atoms with van der Waals surface area (Å²) in [6.45, 7) is 7.41. The van der Waals surface area contributed by atoms with Crippen LogP contribution in [0.5, 0.6) is 0 Å². The maximum Gasteiger partial charge on any atom is 0.272 e. The fourth-order valence-electron chi connectivity index (χ4n) is 3.56. The molecular weight excluding hydrogens is 322 g/mol. The molecule has 26 heavy (non-hydrogen) atoms. The lowest BCUT2D eigenvalue weighted by Crippen LogP contribution is -2.49. The molecule has 1 aromatic heterocycles. The Morgan fingerprint density at radius 3 is 2.50 bits per heavy atom. The van der Waals surface area contributed by atoms with Gasteiger partial charge in [-0.05, 0) is 43.2 Å². The molecule has 0 unspecified atom stereocenters. The zero-order chi connectivity index (χ0) is 18.1. The third kappa shape index (κ3) is 3.15. The van der Waals surface area contributed by atoms with Gasteiger partial charge in [-0.2, -0.15) is 0 Å². The topological polar surface area (TPSA) is 36.4 Å². The Kier molecular flexibility index (Phi) is 4.33. The summed E-state index contributed by atoms with van der Waals surface area (Å²) in [5.74, 6) is 0.0244. The number of piperazine rings is 1. The molecule has 0 aliphatic carbocycles. The summed E-state index contributed by atoms with van der Waals surface area (Å²) in [4.78, 5) is 21.7. The second-order valence-electron chi connectivity index (χ2n) is 6.96. The lowest BCUT2D eigenvalue weighted by Gasteiger charge is -2.36. The molecule has 0 spiro atoms. The van der Waals surface area contributed by atoms with Crippen molar-refractivity contribution in [1.29, 1.82) is 0 Å². The standard InChI is InChI=1S/C22H23N3O/c1-16-7-8-17(2)21(15-16)24-11-13-25(14-12-24)22(26)20-10-9-18-5-3-4-6-19(18)23-20/h3-10,15H,11-14H2,1-2H3. The van der Waals surface area contributed by atoms with Gasteiger partial charge in [-0.1, -0.05) is 36.4 Å². The molecule has 4 rings (SSSR count). The van der Waals surface area contributed by atoms with Gasteiger partial charge in [0.25, 0.3) is 5.91 Å². The molecule has 0 atom stereocenters. The zero-order valence-corrected chi connectivity index (χ0v) is 15.3. The van der Waals surface area contributed by atoms with Crippen LogP contribution in [0.15, 0.2) is 54.6 Å². The Labute approximate surface area is 154 Å². The molecule has 1 fully saturated rings. The van der Waals surface area contributed by atoms with Crippen molar-refractivity contribution in [2.75, 3.05) is 31.1 Å². The van der Waals surface area contributed by atoms with Gasteiger partial charge in [0.1, 0.15) is 5.69 Å². The smallest absolute Gasteiger partial charge is 0.272 e. The highest BCUT2D eigenvalue weighted by Crippen LogP contribution is 2.23. The van der Waals surface area contributed by atoms with Gasteiger partial charge in [0, 0.05) is 37.3 Å². The predicted molar refractivity (Wildman–Crippen MR) is 106 cm³/mol. The monoisotopic (exact) mass is 345 g/mol. The molecule has 1 aliphatic rings. The minimum Gasteiger partial charge on any atom is -0.368 e. The van der Waals surface area contributed by atoms with Gasteiger partial charge < -0.3 is 9.80 Å². The highest BCUT2D eigenvalue weighted by Gasteiger charge is 2.24. The summed E-state index contributed by atoms with van der Waals surface area (Å²) in [6, 6.07) is 18.3. The molecule has 0 N–H and O–H groups in total. The number of para-hydroxylation sites is 1. The molecule has 1 amide bonds. The number of benzene rings is 2. The van der Waals surface area contributed by atoms with Crippen LogP contribution >= 0.6 is 0 Å². The number of carbonyl (C=O) groups is 1. The Hall–Kier alpha value is -2.88. The zero-order valence-electron chi connectivity index (χ0n) is 15.3. The van der Waals surface area contributed by atoms with E-state index in [1.807, 2.05) is 41.3 Å². The fraction of sp³-hybridized carbons (Fsp3) is 0.273. The first-order valence-corrected chi connectivity index (χ1v) is 9.09. The SMILES string of the molecule is Cc1ccc(C)c(N2CCN(C(=O)c3ccc4ccccc4n3)CC2)c1. The second kappa shape index (κ2) is 6.79. The summed E-state index contributed by atoms with van der Waals surface area (Å²) in [7, 11) is 0. The number of aromatic nitrogens is 1. The predicted octanol–water partition coefficient (Wildman–Crippen LogP) is 3.81. The lowest BCUT2D eigenvalue weighted by atomic mass is 10.1. The number of anilines is 1. The quantitative estimate of drug-likeness (QED) is 0.708. The van der Waals surface area contributed by atoms with Gasteiger partial charge >= 0.3 is 0 Å². The van der Waals surface area contributed by atoms with Crippen molar-refractivity contribution in [1.82, 2.24) is 9.88 Å². The maximum atomic E-state index is 12.9. The number of carbonyl (C=O) groups excluding carboxylic acids is 1. The van der Waals surface area contributed by atoms with Gasteiger partial charge in [-0.25, -0.2) is 4.98 Å². The van der Waals surface area contributed by atoms with Crippen molar-refractivity contribution < 1.29 is 4.79 Å². The van der Waals surface area contributed by atoms with Crippen LogP contribution in [0.4, 0.5) is 5.69 Å². The third-order valence-corrected chi connectivity index (χ3v) is 5.09. The molecule has 4 heteroatoms. The average Bonchev–Trinajstić information content (AvgIpc) is 2.69. The van der Waals surface area contributed by atoms with Crippen molar-refractivity contribution in [3.63, 3.8) is 0 Å². The number of hydrogen-bond acceptors (Lipinski definition) is 3. The first kappa shape index (κ1) is 16.6. The molecule has 3 aromatic rings. The highest BCUT2D eigenvalue weighted by molar-refractivity contribution is 5.95. The average molecular weight is 345 g/mol. The highest BCUT2D eigenvalue weighted by atomic mass is 16.2. The van der Waals surface area contributed by atoms with Gasteiger partial charge in [-0.3, -0.25) is 4.79 Å². The number of pyridine rings is 1. The number of aryl methyl sites for hydroxylation is 2. The molecule has 4 nitrogen and oxygen atoms in total. The number of rotatable bonds is 2. The van der Waals surface area contributed by atoms with E-state index in [0.717, 1.165) is 37.1 Å². The van der Waals surface area contributed by atoms with Crippen molar-refractivity contribution in [2.45, 2.75) is 13.8 Å². The van der Waals surface area contributed by atoms with E-state index in [-0.39, 0.29) is 5.91 Å². The van der Waals surface area contributed by atoms with E-state index in [1.165, 1.54) is 16.8 Å². The van der Waals surface area contributed by atoms with Crippen molar-refractivity contribution in [3.8, 4) is 0 Å². The van der Waals surface area contributed by atoms with Gasteiger partial charge in [0.05, 0.1) is 5.52 Å². The summed E-state index contributed by atoms with van der Waals surface area (Å²) in [5.41, 5.74) is 5.23. The largest absolute Gasteiger partial charge is 0.368 e.